The molecule has 32 heavy (non-hydrogen) atoms. The van der Waals surface area contributed by atoms with Crippen LogP contribution < -0.4 is 5.32 Å². The van der Waals surface area contributed by atoms with Crippen molar-refractivity contribution in [3.05, 3.63) is 69.6 Å². The lowest BCUT2D eigenvalue weighted by Crippen LogP contribution is -2.36. The monoisotopic (exact) mass is 472 g/mol. The Balaban J connectivity index is 1.57. The molecule has 3 amide bonds. The Morgan fingerprint density at radius 3 is 2.44 bits per heavy atom. The number of hydrogen-bond acceptors (Lipinski definition) is 6. The van der Waals surface area contributed by atoms with Crippen LogP contribution in [0.25, 0.3) is 6.08 Å². The Kier molecular flexibility index (Phi) is 8.08. The average Bonchev–Trinajstić information content (AvgIpc) is 3.03. The molecule has 3 rings (SSSR count). The average molecular weight is 473 g/mol. The molecule has 1 aliphatic heterocycles. The van der Waals surface area contributed by atoms with Crippen LogP contribution in [0, 0.1) is 0 Å². The largest absolute Gasteiger partial charge is 0.462 e. The summed E-state index contributed by atoms with van der Waals surface area (Å²) < 4.78 is 5.14. The minimum atomic E-state index is -0.532. The lowest BCUT2D eigenvalue weighted by Gasteiger charge is -2.12. The minimum absolute atomic E-state index is 0.232. The number of anilines is 1. The van der Waals surface area contributed by atoms with Crippen LogP contribution in [0.2, 0.25) is 5.02 Å². The fourth-order valence-corrected chi connectivity index (χ4v) is 3.74. The van der Waals surface area contributed by atoms with Gasteiger partial charge in [-0.05, 0) is 66.2 Å². The van der Waals surface area contributed by atoms with Gasteiger partial charge in [-0.25, -0.2) is 4.79 Å². The first kappa shape index (κ1) is 23.6. The molecule has 2 aromatic rings. The highest BCUT2D eigenvalue weighted by Crippen LogP contribution is 2.32. The van der Waals surface area contributed by atoms with E-state index in [4.69, 9.17) is 16.3 Å². The maximum Gasteiger partial charge on any atom is 0.338 e. The zero-order valence-electron chi connectivity index (χ0n) is 17.3. The summed E-state index contributed by atoms with van der Waals surface area (Å²) in [6, 6.07) is 13.0. The van der Waals surface area contributed by atoms with Crippen molar-refractivity contribution < 1.29 is 23.9 Å². The number of thioether (sulfide) groups is 1. The summed E-state index contributed by atoms with van der Waals surface area (Å²) in [4.78, 5) is 50.2. The van der Waals surface area contributed by atoms with Gasteiger partial charge in [-0.3, -0.25) is 19.3 Å². The molecule has 0 aliphatic carbocycles. The van der Waals surface area contributed by atoms with E-state index in [2.05, 4.69) is 5.32 Å². The minimum Gasteiger partial charge on any atom is -0.462 e. The number of rotatable bonds is 8. The molecule has 0 saturated carbocycles. The third kappa shape index (κ3) is 6.21. The number of esters is 1. The topological polar surface area (TPSA) is 92.8 Å². The van der Waals surface area contributed by atoms with E-state index in [1.54, 1.807) is 54.6 Å². The molecule has 0 atom stereocenters. The van der Waals surface area contributed by atoms with Crippen molar-refractivity contribution in [2.75, 3.05) is 18.5 Å². The Morgan fingerprint density at radius 2 is 1.78 bits per heavy atom. The quantitative estimate of drug-likeness (QED) is 0.331. The number of ether oxygens (including phenoxy) is 1. The first-order valence-electron chi connectivity index (χ1n) is 9.95. The van der Waals surface area contributed by atoms with E-state index in [0.717, 1.165) is 35.1 Å². The summed E-state index contributed by atoms with van der Waals surface area (Å²) in [6.45, 7) is 1.95. The first-order valence-corrected chi connectivity index (χ1v) is 11.1. The van der Waals surface area contributed by atoms with Gasteiger partial charge in [0.2, 0.25) is 5.91 Å². The van der Waals surface area contributed by atoms with E-state index in [1.165, 1.54) is 0 Å². The van der Waals surface area contributed by atoms with Gasteiger partial charge >= 0.3 is 5.97 Å². The predicted octanol–water partition coefficient (Wildman–Crippen LogP) is 4.97. The lowest BCUT2D eigenvalue weighted by molar-refractivity contribution is -0.127. The molecular weight excluding hydrogens is 452 g/mol. The number of unbranched alkanes of at least 4 members (excludes halogenated alkanes) is 1. The molecule has 1 aliphatic rings. The van der Waals surface area contributed by atoms with Gasteiger partial charge in [0.05, 0.1) is 17.1 Å². The van der Waals surface area contributed by atoms with Gasteiger partial charge in [-0.1, -0.05) is 37.1 Å². The van der Waals surface area contributed by atoms with Crippen LogP contribution >= 0.6 is 23.4 Å². The third-order valence-corrected chi connectivity index (χ3v) is 5.64. The lowest BCUT2D eigenvalue weighted by atomic mass is 10.2. The maximum atomic E-state index is 12.6. The van der Waals surface area contributed by atoms with Crippen molar-refractivity contribution in [3.63, 3.8) is 0 Å². The highest BCUT2D eigenvalue weighted by atomic mass is 35.5. The Hall–Kier alpha value is -3.10. The molecule has 1 saturated heterocycles. The second-order valence-electron chi connectivity index (χ2n) is 6.93. The third-order valence-electron chi connectivity index (χ3n) is 4.48. The number of benzene rings is 2. The number of halogens is 1. The van der Waals surface area contributed by atoms with Crippen molar-refractivity contribution in [2.45, 2.75) is 19.8 Å². The van der Waals surface area contributed by atoms with Crippen LogP contribution in [-0.4, -0.2) is 41.1 Å². The zero-order chi connectivity index (χ0) is 23.1. The number of imide groups is 1. The summed E-state index contributed by atoms with van der Waals surface area (Å²) in [7, 11) is 0. The number of nitrogens with one attached hydrogen (secondary N) is 1. The molecule has 1 N–H and O–H groups in total. The summed E-state index contributed by atoms with van der Waals surface area (Å²) in [5.41, 5.74) is 1.53. The molecule has 0 spiro atoms. The fraction of sp³-hybridized carbons (Fsp3) is 0.217. The van der Waals surface area contributed by atoms with Gasteiger partial charge in [0.15, 0.2) is 0 Å². The van der Waals surface area contributed by atoms with Crippen LogP contribution in [0.3, 0.4) is 0 Å². The van der Waals surface area contributed by atoms with Gasteiger partial charge in [0.25, 0.3) is 11.1 Å². The highest BCUT2D eigenvalue weighted by molar-refractivity contribution is 8.18. The van der Waals surface area contributed by atoms with E-state index in [9.17, 15) is 19.2 Å². The van der Waals surface area contributed by atoms with Gasteiger partial charge < -0.3 is 10.1 Å². The molecule has 0 radical (unpaired) electrons. The fourth-order valence-electron chi connectivity index (χ4n) is 2.77. The summed E-state index contributed by atoms with van der Waals surface area (Å²) in [6.07, 6.45) is 3.30. The van der Waals surface area contributed by atoms with Crippen LogP contribution in [0.1, 0.15) is 35.7 Å². The molecule has 7 nitrogen and oxygen atoms in total. The standard InChI is InChI=1S/C23H21ClN2O5S/c1-2-3-12-31-22(29)16-6-10-18(11-7-16)25-20(27)14-26-21(28)19(32-23(26)30)13-15-4-8-17(24)9-5-15/h4-11,13H,2-3,12,14H2,1H3,(H,25,27). The zero-order valence-corrected chi connectivity index (χ0v) is 18.9. The van der Waals surface area contributed by atoms with E-state index >= 15 is 0 Å². The molecule has 0 unspecified atom stereocenters. The molecule has 166 valence electrons. The molecule has 1 heterocycles. The smallest absolute Gasteiger partial charge is 0.338 e. The Bertz CT molecular complexity index is 1050. The Labute approximate surface area is 194 Å². The number of hydrogen-bond donors (Lipinski definition) is 1. The molecule has 0 aromatic heterocycles. The Morgan fingerprint density at radius 1 is 1.09 bits per heavy atom. The predicted molar refractivity (Wildman–Crippen MR) is 124 cm³/mol. The maximum absolute atomic E-state index is 12.6. The van der Waals surface area contributed by atoms with E-state index < -0.39 is 29.6 Å². The van der Waals surface area contributed by atoms with Gasteiger partial charge in [0.1, 0.15) is 6.54 Å². The van der Waals surface area contributed by atoms with Crippen molar-refractivity contribution >= 4 is 58.1 Å². The van der Waals surface area contributed by atoms with Crippen molar-refractivity contribution in [1.82, 2.24) is 4.90 Å². The summed E-state index contributed by atoms with van der Waals surface area (Å²) in [5, 5.41) is 2.66. The molecular formula is C23H21ClN2O5S. The van der Waals surface area contributed by atoms with Crippen molar-refractivity contribution in [3.8, 4) is 0 Å². The van der Waals surface area contributed by atoms with E-state index in [-0.39, 0.29) is 4.91 Å². The number of nitrogens with zero attached hydrogens (tertiary/aromatic N) is 1. The van der Waals surface area contributed by atoms with Crippen LogP contribution in [0.4, 0.5) is 10.5 Å². The van der Waals surface area contributed by atoms with Gasteiger partial charge in [0, 0.05) is 10.7 Å². The van der Waals surface area contributed by atoms with E-state index in [1.807, 2.05) is 6.92 Å². The van der Waals surface area contributed by atoms with Crippen LogP contribution in [0.15, 0.2) is 53.4 Å². The van der Waals surface area contributed by atoms with Crippen molar-refractivity contribution in [1.29, 1.82) is 0 Å². The summed E-state index contributed by atoms with van der Waals surface area (Å²) >= 11 is 6.63. The first-order chi connectivity index (χ1) is 15.4. The van der Waals surface area contributed by atoms with Crippen LogP contribution in [0.5, 0.6) is 0 Å². The molecule has 1 fully saturated rings. The molecule has 9 heteroatoms. The van der Waals surface area contributed by atoms with Crippen LogP contribution in [-0.2, 0) is 14.3 Å². The molecule has 2 aromatic carbocycles. The number of carbonyl (C=O) groups excluding carboxylic acids is 4. The number of carbonyl (C=O) groups is 4. The van der Waals surface area contributed by atoms with E-state index in [0.29, 0.717) is 22.9 Å². The second kappa shape index (κ2) is 11.0. The SMILES string of the molecule is CCCCOC(=O)c1ccc(NC(=O)CN2C(=O)SC(=Cc3ccc(Cl)cc3)C2=O)cc1. The normalized spacial score (nSPS) is 14.7. The van der Waals surface area contributed by atoms with Gasteiger partial charge in [-0.15, -0.1) is 0 Å². The van der Waals surface area contributed by atoms with Crippen molar-refractivity contribution in [2.24, 2.45) is 0 Å². The van der Waals surface area contributed by atoms with Gasteiger partial charge in [-0.2, -0.15) is 0 Å². The number of amides is 3. The summed E-state index contributed by atoms with van der Waals surface area (Å²) in [5.74, 6) is -1.49. The molecule has 0 bridgehead atoms. The second-order valence-corrected chi connectivity index (χ2v) is 8.36. The highest BCUT2D eigenvalue weighted by Gasteiger charge is 2.36.